The Morgan fingerprint density at radius 1 is 1.67 bits per heavy atom. The number of amides is 1. The van der Waals surface area contributed by atoms with Crippen molar-refractivity contribution in [2.45, 2.75) is 0 Å². The second-order valence-electron chi connectivity index (χ2n) is 2.90. The van der Waals surface area contributed by atoms with Gasteiger partial charge in [-0.05, 0) is 0 Å². The molecule has 96 valence electrons. The summed E-state index contributed by atoms with van der Waals surface area (Å²) in [5, 5.41) is 21.1. The van der Waals surface area contributed by atoms with Crippen LogP contribution in [-0.2, 0) is 4.74 Å². The summed E-state index contributed by atoms with van der Waals surface area (Å²) in [4.78, 5) is 31.5. The molecule has 8 nitrogen and oxygen atoms in total. The van der Waals surface area contributed by atoms with Crippen molar-refractivity contribution in [3.8, 4) is 0 Å². The molecule has 1 aromatic heterocycles. The van der Waals surface area contributed by atoms with Crippen molar-refractivity contribution in [1.82, 2.24) is 0 Å². The summed E-state index contributed by atoms with van der Waals surface area (Å²) in [5.41, 5.74) is -0.173. The van der Waals surface area contributed by atoms with Crippen LogP contribution < -0.4 is 5.32 Å². The number of hydrogen-bond donors (Lipinski definition) is 2. The first kappa shape index (κ1) is 13.6. The third-order valence-electron chi connectivity index (χ3n) is 1.66. The molecule has 1 heterocycles. The number of carbonyl (C=O) groups excluding carboxylic acids is 1. The number of aromatic carboxylic acids is 1. The number of nitrogens with one attached hydrogen (secondary N) is 1. The van der Waals surface area contributed by atoms with Gasteiger partial charge in [0, 0.05) is 0 Å². The summed E-state index contributed by atoms with van der Waals surface area (Å²) in [6.45, 7) is 3.27. The molecule has 0 unspecified atom stereocenters. The molecule has 0 atom stereocenters. The molecule has 0 spiro atoms. The smallest absolute Gasteiger partial charge is 0.411 e. The molecule has 0 aliphatic carbocycles. The van der Waals surface area contributed by atoms with Crippen molar-refractivity contribution in [3.63, 3.8) is 0 Å². The maximum Gasteiger partial charge on any atom is 0.411 e. The van der Waals surface area contributed by atoms with Crippen molar-refractivity contribution in [1.29, 1.82) is 0 Å². The highest BCUT2D eigenvalue weighted by molar-refractivity contribution is 7.17. The molecule has 0 fully saturated rings. The highest BCUT2D eigenvalue weighted by Crippen LogP contribution is 2.32. The topological polar surface area (TPSA) is 119 Å². The number of ether oxygens (including phenoxy) is 1. The third-order valence-corrected chi connectivity index (χ3v) is 2.74. The lowest BCUT2D eigenvalue weighted by Crippen LogP contribution is -2.14. The Balaban J connectivity index is 2.92. The van der Waals surface area contributed by atoms with Crippen molar-refractivity contribution >= 4 is 34.1 Å². The van der Waals surface area contributed by atoms with Gasteiger partial charge in [0.05, 0.1) is 16.7 Å². The Morgan fingerprint density at radius 3 is 2.83 bits per heavy atom. The van der Waals surface area contributed by atoms with E-state index < -0.39 is 17.0 Å². The number of hydrogen-bond acceptors (Lipinski definition) is 6. The number of carbonyl (C=O) groups is 2. The standard InChI is InChI=1S/C9H8N2O6S/c1-2-3-17-9(14)10-5-4-6(11(15)16)18-7(5)8(12)13/h2,4H,1,3H2,(H,10,14)(H,12,13). The fourth-order valence-corrected chi connectivity index (χ4v) is 1.77. The highest BCUT2D eigenvalue weighted by atomic mass is 32.1. The summed E-state index contributed by atoms with van der Waals surface area (Å²) < 4.78 is 4.57. The zero-order chi connectivity index (χ0) is 13.7. The van der Waals surface area contributed by atoms with Gasteiger partial charge in [0.25, 0.3) is 0 Å². The predicted octanol–water partition coefficient (Wildman–Crippen LogP) is 2.09. The van der Waals surface area contributed by atoms with Gasteiger partial charge in [-0.3, -0.25) is 15.4 Å². The minimum absolute atomic E-state index is 0.0551. The molecule has 0 aromatic carbocycles. The molecule has 0 radical (unpaired) electrons. The number of anilines is 1. The van der Waals surface area contributed by atoms with E-state index in [-0.39, 0.29) is 22.2 Å². The Kier molecular flexibility index (Phi) is 4.38. The molecule has 1 rings (SSSR count). The normalized spacial score (nSPS) is 9.56. The number of carboxylic acids is 1. The van der Waals surface area contributed by atoms with Gasteiger partial charge < -0.3 is 9.84 Å². The zero-order valence-corrected chi connectivity index (χ0v) is 9.73. The maximum absolute atomic E-state index is 11.2. The predicted molar refractivity (Wildman–Crippen MR) is 63.1 cm³/mol. The SMILES string of the molecule is C=CCOC(=O)Nc1cc([N+](=O)[O-])sc1C(=O)O. The van der Waals surface area contributed by atoms with Crippen LogP contribution in [-0.4, -0.2) is 28.7 Å². The second-order valence-corrected chi connectivity index (χ2v) is 3.93. The van der Waals surface area contributed by atoms with Crippen LogP contribution >= 0.6 is 11.3 Å². The van der Waals surface area contributed by atoms with Crippen molar-refractivity contribution in [2.24, 2.45) is 0 Å². The van der Waals surface area contributed by atoms with Crippen LogP contribution in [0.15, 0.2) is 18.7 Å². The van der Waals surface area contributed by atoms with Crippen LogP contribution in [0.3, 0.4) is 0 Å². The molecule has 0 bridgehead atoms. The molecule has 0 aliphatic rings. The fourth-order valence-electron chi connectivity index (χ4n) is 1.00. The molecule has 1 amide bonds. The van der Waals surface area contributed by atoms with E-state index in [4.69, 9.17) is 5.11 Å². The second kappa shape index (κ2) is 5.77. The number of rotatable bonds is 5. The average molecular weight is 272 g/mol. The fraction of sp³-hybridized carbons (Fsp3) is 0.111. The largest absolute Gasteiger partial charge is 0.477 e. The van der Waals surface area contributed by atoms with Crippen molar-refractivity contribution < 1.29 is 24.4 Å². The molecule has 0 aliphatic heterocycles. The van der Waals surface area contributed by atoms with E-state index in [9.17, 15) is 19.7 Å². The average Bonchev–Trinajstić information content (AvgIpc) is 2.70. The van der Waals surface area contributed by atoms with E-state index in [0.717, 1.165) is 6.07 Å². The summed E-state index contributed by atoms with van der Waals surface area (Å²) in [6.07, 6.45) is 0.415. The van der Waals surface area contributed by atoms with E-state index in [1.165, 1.54) is 6.08 Å². The first-order valence-electron chi connectivity index (χ1n) is 4.52. The lowest BCUT2D eigenvalue weighted by Gasteiger charge is -2.03. The Morgan fingerprint density at radius 2 is 2.33 bits per heavy atom. The van der Waals surface area contributed by atoms with Gasteiger partial charge in [-0.15, -0.1) is 0 Å². The van der Waals surface area contributed by atoms with Gasteiger partial charge in [0.1, 0.15) is 11.5 Å². The molecular weight excluding hydrogens is 264 g/mol. The van der Waals surface area contributed by atoms with E-state index in [0.29, 0.717) is 11.3 Å². The monoisotopic (exact) mass is 272 g/mol. The van der Waals surface area contributed by atoms with Crippen LogP contribution in [0, 0.1) is 10.1 Å². The maximum atomic E-state index is 11.2. The summed E-state index contributed by atoms with van der Waals surface area (Å²) >= 11 is 0.452. The Hall–Kier alpha value is -2.42. The molecule has 9 heteroatoms. The molecule has 18 heavy (non-hydrogen) atoms. The number of nitrogens with zero attached hydrogens (tertiary/aromatic N) is 1. The van der Waals surface area contributed by atoms with Gasteiger partial charge in [0.2, 0.25) is 0 Å². The minimum Gasteiger partial charge on any atom is -0.477 e. The zero-order valence-electron chi connectivity index (χ0n) is 8.91. The van der Waals surface area contributed by atoms with Gasteiger partial charge in [-0.2, -0.15) is 0 Å². The van der Waals surface area contributed by atoms with E-state index in [1.54, 1.807) is 0 Å². The Labute approximate surface area is 105 Å². The summed E-state index contributed by atoms with van der Waals surface area (Å²) in [7, 11) is 0. The molecule has 2 N–H and O–H groups in total. The van der Waals surface area contributed by atoms with Gasteiger partial charge in [0.15, 0.2) is 0 Å². The lowest BCUT2D eigenvalue weighted by molar-refractivity contribution is -0.380. The van der Waals surface area contributed by atoms with Crippen molar-refractivity contribution in [3.05, 3.63) is 33.7 Å². The van der Waals surface area contributed by atoms with E-state index in [1.807, 2.05) is 0 Å². The van der Waals surface area contributed by atoms with Crippen molar-refractivity contribution in [2.75, 3.05) is 11.9 Å². The molecule has 0 saturated heterocycles. The first-order valence-corrected chi connectivity index (χ1v) is 5.33. The number of thiophene rings is 1. The highest BCUT2D eigenvalue weighted by Gasteiger charge is 2.22. The minimum atomic E-state index is -1.37. The quantitative estimate of drug-likeness (QED) is 0.481. The summed E-state index contributed by atoms with van der Waals surface area (Å²) in [6, 6.07) is 0.962. The third kappa shape index (κ3) is 3.28. The van der Waals surface area contributed by atoms with Gasteiger partial charge >= 0.3 is 17.1 Å². The number of nitro groups is 1. The van der Waals surface area contributed by atoms with Crippen LogP contribution in [0.5, 0.6) is 0 Å². The molecule has 0 saturated carbocycles. The Bertz CT molecular complexity index is 509. The number of carboxylic acid groups (broad SMARTS) is 1. The molecular formula is C9H8N2O6S. The van der Waals surface area contributed by atoms with E-state index in [2.05, 4.69) is 16.6 Å². The summed E-state index contributed by atoms with van der Waals surface area (Å²) in [5.74, 6) is -1.37. The first-order chi connectivity index (χ1) is 8.45. The van der Waals surface area contributed by atoms with Crippen LogP contribution in [0.25, 0.3) is 0 Å². The molecule has 1 aromatic rings. The van der Waals surface area contributed by atoms with Gasteiger partial charge in [-0.1, -0.05) is 24.0 Å². The van der Waals surface area contributed by atoms with Crippen LogP contribution in [0.1, 0.15) is 9.67 Å². The van der Waals surface area contributed by atoms with Crippen LogP contribution in [0.4, 0.5) is 15.5 Å². The van der Waals surface area contributed by atoms with Crippen LogP contribution in [0.2, 0.25) is 0 Å². The van der Waals surface area contributed by atoms with E-state index >= 15 is 0 Å². The lowest BCUT2D eigenvalue weighted by atomic mass is 10.4. The van der Waals surface area contributed by atoms with Gasteiger partial charge in [-0.25, -0.2) is 9.59 Å².